The van der Waals surface area contributed by atoms with Gasteiger partial charge in [-0.3, -0.25) is 14.9 Å². The fourth-order valence-corrected chi connectivity index (χ4v) is 2.09. The van der Waals surface area contributed by atoms with Crippen molar-refractivity contribution in [1.82, 2.24) is 9.88 Å². The number of nitro groups is 1. The van der Waals surface area contributed by atoms with Gasteiger partial charge in [0.05, 0.1) is 4.92 Å². The van der Waals surface area contributed by atoms with E-state index in [9.17, 15) is 14.9 Å². The number of hydrogen-bond acceptors (Lipinski definition) is 5. The summed E-state index contributed by atoms with van der Waals surface area (Å²) in [6.45, 7) is 3.97. The molecule has 7 heteroatoms. The fraction of sp³-hybridized carbons (Fsp3) is 0.538. The molecule has 1 N–H and O–H groups in total. The van der Waals surface area contributed by atoms with Gasteiger partial charge in [0.2, 0.25) is 0 Å². The molecule has 0 aliphatic heterocycles. The van der Waals surface area contributed by atoms with E-state index in [0.29, 0.717) is 5.82 Å². The average Bonchev–Trinajstić information content (AvgIpc) is 2.46. The van der Waals surface area contributed by atoms with Crippen molar-refractivity contribution in [3.05, 3.63) is 27.9 Å². The molecule has 0 bridgehead atoms. The number of hydrogen-bond donors (Lipinski definition) is 1. The Bertz CT molecular complexity index is 500. The van der Waals surface area contributed by atoms with Gasteiger partial charge in [0.25, 0.3) is 11.6 Å². The van der Waals surface area contributed by atoms with Crippen LogP contribution in [-0.4, -0.2) is 40.9 Å². The van der Waals surface area contributed by atoms with Crippen molar-refractivity contribution in [2.24, 2.45) is 0 Å². The van der Waals surface area contributed by atoms with E-state index in [1.807, 2.05) is 13.8 Å². The maximum absolute atomic E-state index is 12.5. The van der Waals surface area contributed by atoms with Crippen molar-refractivity contribution in [1.29, 1.82) is 0 Å². The first-order chi connectivity index (χ1) is 9.46. The highest BCUT2D eigenvalue weighted by Gasteiger charge is 2.26. The number of aromatic nitrogens is 1. The maximum atomic E-state index is 12.5. The minimum Gasteiger partial charge on any atom is -0.373 e. The molecule has 20 heavy (non-hydrogen) atoms. The van der Waals surface area contributed by atoms with Crippen molar-refractivity contribution in [2.45, 2.75) is 32.7 Å². The highest BCUT2D eigenvalue weighted by molar-refractivity contribution is 5.98. The summed E-state index contributed by atoms with van der Waals surface area (Å²) >= 11 is 0. The summed E-state index contributed by atoms with van der Waals surface area (Å²) in [5.41, 5.74) is -0.212. The van der Waals surface area contributed by atoms with Crippen LogP contribution in [0.15, 0.2) is 12.3 Å². The van der Waals surface area contributed by atoms with E-state index in [4.69, 9.17) is 0 Å². The summed E-state index contributed by atoms with van der Waals surface area (Å²) < 4.78 is 0. The van der Waals surface area contributed by atoms with Gasteiger partial charge in [0.15, 0.2) is 0 Å². The normalized spacial score (nSPS) is 10.4. The standard InChI is InChI=1S/C13H20N4O3/c1-5-9(6-2)16(4)13(18)10-7-12(14-3)15-8-11(10)17(19)20/h7-9H,5-6H2,1-4H3,(H,14,15). The predicted octanol–water partition coefficient (Wildman–Crippen LogP) is 2.29. The lowest BCUT2D eigenvalue weighted by Crippen LogP contribution is -2.36. The van der Waals surface area contributed by atoms with Crippen LogP contribution >= 0.6 is 0 Å². The molecule has 1 rings (SSSR count). The zero-order valence-electron chi connectivity index (χ0n) is 12.2. The predicted molar refractivity (Wildman–Crippen MR) is 76.9 cm³/mol. The number of carbonyl (C=O) groups is 1. The third kappa shape index (κ3) is 3.23. The Morgan fingerprint density at radius 2 is 2.10 bits per heavy atom. The smallest absolute Gasteiger partial charge is 0.300 e. The minimum atomic E-state index is -0.583. The van der Waals surface area contributed by atoms with E-state index in [-0.39, 0.29) is 23.2 Å². The number of nitrogens with one attached hydrogen (secondary N) is 1. The van der Waals surface area contributed by atoms with Gasteiger partial charge in [-0.15, -0.1) is 0 Å². The molecule has 0 aliphatic carbocycles. The molecule has 0 saturated carbocycles. The van der Waals surface area contributed by atoms with Gasteiger partial charge in [-0.2, -0.15) is 0 Å². The zero-order valence-corrected chi connectivity index (χ0v) is 12.2. The largest absolute Gasteiger partial charge is 0.373 e. The number of anilines is 1. The average molecular weight is 280 g/mol. The Kier molecular flexibility index (Phi) is 5.42. The minimum absolute atomic E-state index is 0.0590. The summed E-state index contributed by atoms with van der Waals surface area (Å²) in [6.07, 6.45) is 2.72. The molecule has 1 heterocycles. The molecule has 0 fully saturated rings. The van der Waals surface area contributed by atoms with Gasteiger partial charge in [-0.25, -0.2) is 4.98 Å². The Morgan fingerprint density at radius 1 is 1.50 bits per heavy atom. The maximum Gasteiger partial charge on any atom is 0.300 e. The first-order valence-corrected chi connectivity index (χ1v) is 6.55. The molecule has 0 atom stereocenters. The molecule has 1 amide bonds. The van der Waals surface area contributed by atoms with E-state index in [2.05, 4.69) is 10.3 Å². The number of carbonyl (C=O) groups excluding carboxylic acids is 1. The van der Waals surface area contributed by atoms with Crippen molar-refractivity contribution < 1.29 is 9.72 Å². The van der Waals surface area contributed by atoms with Gasteiger partial charge < -0.3 is 10.2 Å². The highest BCUT2D eigenvalue weighted by Crippen LogP contribution is 2.23. The molecule has 0 aromatic carbocycles. The van der Waals surface area contributed by atoms with Crippen molar-refractivity contribution in [2.75, 3.05) is 19.4 Å². The molecule has 7 nitrogen and oxygen atoms in total. The van der Waals surface area contributed by atoms with Crippen LogP contribution < -0.4 is 5.32 Å². The first kappa shape index (κ1) is 15.9. The number of amides is 1. The Morgan fingerprint density at radius 3 is 2.55 bits per heavy atom. The summed E-state index contributed by atoms with van der Waals surface area (Å²) in [5.74, 6) is 0.0706. The van der Waals surface area contributed by atoms with Gasteiger partial charge in [0, 0.05) is 26.2 Å². The first-order valence-electron chi connectivity index (χ1n) is 6.55. The SMILES string of the molecule is CCC(CC)N(C)C(=O)c1cc(NC)ncc1[N+](=O)[O-]. The summed E-state index contributed by atoms with van der Waals surface area (Å²) in [4.78, 5) is 28.4. The van der Waals surface area contributed by atoms with E-state index in [1.165, 1.54) is 6.07 Å². The van der Waals surface area contributed by atoms with Crippen LogP contribution in [0.3, 0.4) is 0 Å². The molecular weight excluding hydrogens is 260 g/mol. The molecule has 110 valence electrons. The number of rotatable bonds is 6. The Balaban J connectivity index is 3.22. The quantitative estimate of drug-likeness (QED) is 0.638. The molecule has 0 radical (unpaired) electrons. The lowest BCUT2D eigenvalue weighted by Gasteiger charge is -2.26. The molecular formula is C13H20N4O3. The molecule has 0 aliphatic rings. The summed E-state index contributed by atoms with van der Waals surface area (Å²) in [6, 6.07) is 1.48. The third-order valence-electron chi connectivity index (χ3n) is 3.38. The van der Waals surface area contributed by atoms with Crippen LogP contribution in [-0.2, 0) is 0 Å². The van der Waals surface area contributed by atoms with Crippen LogP contribution in [0.1, 0.15) is 37.0 Å². The number of pyridine rings is 1. The third-order valence-corrected chi connectivity index (χ3v) is 3.38. The lowest BCUT2D eigenvalue weighted by atomic mass is 10.1. The topological polar surface area (TPSA) is 88.4 Å². The van der Waals surface area contributed by atoms with Gasteiger partial charge in [-0.05, 0) is 12.8 Å². The van der Waals surface area contributed by atoms with E-state index in [0.717, 1.165) is 19.0 Å². The lowest BCUT2D eigenvalue weighted by molar-refractivity contribution is -0.385. The second-order valence-corrected chi connectivity index (χ2v) is 4.48. The summed E-state index contributed by atoms with van der Waals surface area (Å²) in [5, 5.41) is 13.8. The van der Waals surface area contributed by atoms with Crippen LogP contribution in [0.25, 0.3) is 0 Å². The fourth-order valence-electron chi connectivity index (χ4n) is 2.09. The van der Waals surface area contributed by atoms with Gasteiger partial charge in [0.1, 0.15) is 17.6 Å². The second kappa shape index (κ2) is 6.83. The van der Waals surface area contributed by atoms with Crippen molar-refractivity contribution >= 4 is 17.4 Å². The number of nitrogens with zero attached hydrogens (tertiary/aromatic N) is 3. The van der Waals surface area contributed by atoms with Crippen LogP contribution in [0, 0.1) is 10.1 Å². The molecule has 0 saturated heterocycles. The monoisotopic (exact) mass is 280 g/mol. The van der Waals surface area contributed by atoms with E-state index >= 15 is 0 Å². The van der Waals surface area contributed by atoms with E-state index < -0.39 is 4.92 Å². The molecule has 0 spiro atoms. The van der Waals surface area contributed by atoms with Crippen LogP contribution in [0.2, 0.25) is 0 Å². The van der Waals surface area contributed by atoms with Gasteiger partial charge >= 0.3 is 0 Å². The summed E-state index contributed by atoms with van der Waals surface area (Å²) in [7, 11) is 3.32. The van der Waals surface area contributed by atoms with Gasteiger partial charge in [-0.1, -0.05) is 13.8 Å². The van der Waals surface area contributed by atoms with Crippen molar-refractivity contribution in [3.8, 4) is 0 Å². The molecule has 1 aromatic heterocycles. The van der Waals surface area contributed by atoms with Crippen LogP contribution in [0.5, 0.6) is 0 Å². The molecule has 1 aromatic rings. The Labute approximate surface area is 118 Å². The second-order valence-electron chi connectivity index (χ2n) is 4.48. The van der Waals surface area contributed by atoms with Crippen molar-refractivity contribution in [3.63, 3.8) is 0 Å². The highest BCUT2D eigenvalue weighted by atomic mass is 16.6. The van der Waals surface area contributed by atoms with E-state index in [1.54, 1.807) is 19.0 Å². The Hall–Kier alpha value is -2.18. The molecule has 0 unspecified atom stereocenters. The zero-order chi connectivity index (χ0) is 15.3. The van der Waals surface area contributed by atoms with Crippen LogP contribution in [0.4, 0.5) is 11.5 Å².